The summed E-state index contributed by atoms with van der Waals surface area (Å²) in [5, 5.41) is 8.61. The van der Waals surface area contributed by atoms with E-state index in [1.165, 1.54) is 46.2 Å². The normalized spacial score (nSPS) is 17.1. The third kappa shape index (κ3) is 5.85. The van der Waals surface area contributed by atoms with Crippen LogP contribution < -0.4 is 10.6 Å². The zero-order valence-corrected chi connectivity index (χ0v) is 24.4. The number of rotatable bonds is 5. The molecule has 6 rings (SSSR count). The SMILES string of the molecule is Cc1sc(NC2=NC(=O)/C(=C\c3ccccc3)S2)nc1-c1nc(NC2=NC(=O)/C(=C\c3ccccc3)S2)sc1C. The van der Waals surface area contributed by atoms with Crippen LogP contribution in [-0.4, -0.2) is 32.1 Å². The highest BCUT2D eigenvalue weighted by Gasteiger charge is 2.25. The molecule has 2 aromatic heterocycles. The number of carbonyl (C=O) groups excluding carboxylic acids is 2. The van der Waals surface area contributed by atoms with Crippen molar-refractivity contribution in [3.63, 3.8) is 0 Å². The van der Waals surface area contributed by atoms with Gasteiger partial charge in [-0.25, -0.2) is 9.97 Å². The largest absolute Gasteiger partial charge is 0.310 e. The van der Waals surface area contributed by atoms with Crippen LogP contribution in [0.15, 0.2) is 80.5 Å². The number of aromatic nitrogens is 2. The molecule has 0 radical (unpaired) electrons. The molecule has 0 spiro atoms. The number of thioether (sulfide) groups is 2. The molecule has 0 saturated heterocycles. The minimum absolute atomic E-state index is 0.274. The first-order chi connectivity index (χ1) is 19.4. The van der Waals surface area contributed by atoms with Gasteiger partial charge >= 0.3 is 0 Å². The number of hydrogen-bond donors (Lipinski definition) is 2. The van der Waals surface area contributed by atoms with E-state index in [1.54, 1.807) is 0 Å². The van der Waals surface area contributed by atoms with Crippen LogP contribution in [0.4, 0.5) is 10.3 Å². The Balaban J connectivity index is 1.14. The molecule has 2 amide bonds. The Morgan fingerprint density at radius 2 is 1.02 bits per heavy atom. The molecule has 4 heterocycles. The van der Waals surface area contributed by atoms with Crippen molar-refractivity contribution in [2.75, 3.05) is 10.6 Å². The third-order valence-electron chi connectivity index (χ3n) is 5.68. The number of aliphatic imine (C=N–C) groups is 2. The fraction of sp³-hybridized carbons (Fsp3) is 0.0714. The topological polar surface area (TPSA) is 109 Å². The Labute approximate surface area is 246 Å². The summed E-state index contributed by atoms with van der Waals surface area (Å²) in [6, 6.07) is 19.4. The van der Waals surface area contributed by atoms with Crippen molar-refractivity contribution in [1.82, 2.24) is 9.97 Å². The van der Waals surface area contributed by atoms with Crippen LogP contribution in [0.1, 0.15) is 20.9 Å². The minimum Gasteiger partial charge on any atom is -0.310 e. The highest BCUT2D eigenvalue weighted by atomic mass is 32.2. The number of nitrogens with zero attached hydrogens (tertiary/aromatic N) is 4. The van der Waals surface area contributed by atoms with Crippen LogP contribution in [0.5, 0.6) is 0 Å². The van der Waals surface area contributed by atoms with Crippen LogP contribution in [0.25, 0.3) is 23.5 Å². The molecule has 0 unspecified atom stereocenters. The number of carbonyl (C=O) groups is 2. The van der Waals surface area contributed by atoms with Gasteiger partial charge in [0.25, 0.3) is 11.8 Å². The summed E-state index contributed by atoms with van der Waals surface area (Å²) in [5.74, 6) is -0.548. The molecule has 2 aliphatic rings. The first-order valence-corrected chi connectivity index (χ1v) is 15.3. The maximum Gasteiger partial charge on any atom is 0.286 e. The number of amidine groups is 2. The molecular formula is C28H20N6O2S4. The van der Waals surface area contributed by atoms with E-state index < -0.39 is 0 Å². The van der Waals surface area contributed by atoms with Gasteiger partial charge in [0.2, 0.25) is 0 Å². The van der Waals surface area contributed by atoms with Gasteiger partial charge in [0.1, 0.15) is 11.4 Å². The van der Waals surface area contributed by atoms with E-state index in [2.05, 4.69) is 20.6 Å². The van der Waals surface area contributed by atoms with E-state index in [4.69, 9.17) is 9.97 Å². The predicted molar refractivity (Wildman–Crippen MR) is 169 cm³/mol. The van der Waals surface area contributed by atoms with E-state index in [0.717, 1.165) is 32.3 Å². The molecule has 8 nitrogen and oxygen atoms in total. The Morgan fingerprint density at radius 3 is 1.43 bits per heavy atom. The summed E-state index contributed by atoms with van der Waals surface area (Å²) in [6.45, 7) is 3.96. The zero-order chi connectivity index (χ0) is 27.6. The van der Waals surface area contributed by atoms with Gasteiger partial charge in [-0.15, -0.1) is 22.7 Å². The highest BCUT2D eigenvalue weighted by molar-refractivity contribution is 8.19. The minimum atomic E-state index is -0.274. The maximum atomic E-state index is 12.4. The molecule has 2 N–H and O–H groups in total. The van der Waals surface area contributed by atoms with Crippen LogP contribution in [0, 0.1) is 13.8 Å². The molecule has 2 aromatic carbocycles. The van der Waals surface area contributed by atoms with Gasteiger partial charge in [0, 0.05) is 9.75 Å². The number of amides is 2. The summed E-state index contributed by atoms with van der Waals surface area (Å²) in [6.07, 6.45) is 3.66. The second-order valence-electron chi connectivity index (χ2n) is 8.58. The molecule has 0 aliphatic carbocycles. The fourth-order valence-corrected chi connectivity index (χ4v) is 7.23. The lowest BCUT2D eigenvalue weighted by molar-refractivity contribution is -0.114. The van der Waals surface area contributed by atoms with E-state index >= 15 is 0 Å². The lowest BCUT2D eigenvalue weighted by Gasteiger charge is -2.00. The maximum absolute atomic E-state index is 12.4. The number of nitrogens with one attached hydrogen (secondary N) is 2. The van der Waals surface area contributed by atoms with Gasteiger partial charge in [-0.2, -0.15) is 9.98 Å². The number of thiazole rings is 2. The molecule has 0 saturated carbocycles. The lowest BCUT2D eigenvalue weighted by Crippen LogP contribution is -2.04. The lowest BCUT2D eigenvalue weighted by atomic mass is 10.2. The van der Waals surface area contributed by atoms with Gasteiger partial charge in [-0.3, -0.25) is 9.59 Å². The molecular weight excluding hydrogens is 581 g/mol. The number of hydrogen-bond acceptors (Lipinski definition) is 10. The van der Waals surface area contributed by atoms with Crippen molar-refractivity contribution in [2.24, 2.45) is 9.98 Å². The molecule has 0 atom stereocenters. The molecule has 0 fully saturated rings. The summed E-state index contributed by atoms with van der Waals surface area (Å²) in [7, 11) is 0. The van der Waals surface area contributed by atoms with Crippen molar-refractivity contribution in [3.05, 3.63) is 91.4 Å². The first kappa shape index (κ1) is 26.4. The quantitative estimate of drug-likeness (QED) is 0.235. The Morgan fingerprint density at radius 1 is 0.625 bits per heavy atom. The van der Waals surface area contributed by atoms with Crippen LogP contribution in [-0.2, 0) is 9.59 Å². The molecule has 4 aromatic rings. The van der Waals surface area contributed by atoms with Crippen molar-refractivity contribution in [1.29, 1.82) is 0 Å². The smallest absolute Gasteiger partial charge is 0.286 e. The summed E-state index contributed by atoms with van der Waals surface area (Å²) in [5.41, 5.74) is 3.40. The highest BCUT2D eigenvalue weighted by Crippen LogP contribution is 2.38. The van der Waals surface area contributed by atoms with Gasteiger partial charge in [-0.1, -0.05) is 60.7 Å². The van der Waals surface area contributed by atoms with Crippen LogP contribution >= 0.6 is 46.2 Å². The number of benzene rings is 2. The average molecular weight is 601 g/mol. The van der Waals surface area contributed by atoms with Gasteiger partial charge in [-0.05, 0) is 60.7 Å². The molecule has 12 heteroatoms. The zero-order valence-electron chi connectivity index (χ0n) is 21.2. The third-order valence-corrected chi connectivity index (χ3v) is 9.25. The summed E-state index contributed by atoms with van der Waals surface area (Å²) < 4.78 is 0. The van der Waals surface area contributed by atoms with Crippen molar-refractivity contribution < 1.29 is 9.59 Å². The van der Waals surface area contributed by atoms with E-state index in [9.17, 15) is 9.59 Å². The molecule has 0 bridgehead atoms. The first-order valence-electron chi connectivity index (χ1n) is 12.1. The second-order valence-corrected chi connectivity index (χ2v) is 13.1. The Kier molecular flexibility index (Phi) is 7.48. The Hall–Kier alpha value is -3.84. The van der Waals surface area contributed by atoms with Crippen molar-refractivity contribution in [3.8, 4) is 11.4 Å². The molecule has 198 valence electrons. The monoisotopic (exact) mass is 600 g/mol. The van der Waals surface area contributed by atoms with E-state index in [1.807, 2.05) is 86.7 Å². The van der Waals surface area contributed by atoms with Crippen molar-refractivity contribution >= 4 is 90.8 Å². The van der Waals surface area contributed by atoms with Crippen LogP contribution in [0.2, 0.25) is 0 Å². The van der Waals surface area contributed by atoms with Crippen molar-refractivity contribution in [2.45, 2.75) is 13.8 Å². The van der Waals surface area contributed by atoms with Crippen LogP contribution in [0.3, 0.4) is 0 Å². The van der Waals surface area contributed by atoms with E-state index in [0.29, 0.717) is 30.4 Å². The number of aryl methyl sites for hydroxylation is 2. The predicted octanol–water partition coefficient (Wildman–Crippen LogP) is 7.05. The summed E-state index contributed by atoms with van der Waals surface area (Å²) in [4.78, 5) is 45.7. The van der Waals surface area contributed by atoms with Gasteiger partial charge in [0.15, 0.2) is 20.6 Å². The Bertz CT molecular complexity index is 1620. The average Bonchev–Trinajstić information content (AvgIpc) is 3.67. The molecule has 40 heavy (non-hydrogen) atoms. The summed E-state index contributed by atoms with van der Waals surface area (Å²) >= 11 is 5.53. The fourth-order valence-electron chi connectivity index (χ4n) is 3.85. The van der Waals surface area contributed by atoms with Gasteiger partial charge < -0.3 is 10.6 Å². The van der Waals surface area contributed by atoms with Gasteiger partial charge in [0.05, 0.1) is 9.81 Å². The standard InChI is InChI=1S/C28H20N6O2S4/c1-15-21(29-25(37-15)33-27-31-23(35)19(39-27)13-17-9-5-3-6-10-17)22-16(2)38-26(30-22)34-28-32-24(36)20(40-28)14-18-11-7-4-8-12-18/h3-14H,1-2H3,(H,29,31,33,35)(H,30,32,34,36)/b19-13+,20-14+. The second kappa shape index (κ2) is 11.3. The number of anilines is 2. The molecule has 2 aliphatic heterocycles. The van der Waals surface area contributed by atoms with E-state index in [-0.39, 0.29) is 11.8 Å².